The number of aromatic nitrogens is 1. The first-order valence-electron chi connectivity index (χ1n) is 12.3. The highest BCUT2D eigenvalue weighted by Crippen LogP contribution is 2.41. The second-order valence-electron chi connectivity index (χ2n) is 8.73. The van der Waals surface area contributed by atoms with Crippen molar-refractivity contribution in [2.24, 2.45) is 0 Å². The summed E-state index contributed by atoms with van der Waals surface area (Å²) in [5, 5.41) is 11.3. The van der Waals surface area contributed by atoms with Crippen LogP contribution in [0.2, 0.25) is 0 Å². The number of para-hydroxylation sites is 1. The summed E-state index contributed by atoms with van der Waals surface area (Å²) < 4.78 is 11.5. The number of nitrogens with zero attached hydrogens (tertiary/aromatic N) is 2. The van der Waals surface area contributed by atoms with Gasteiger partial charge in [-0.15, -0.1) is 0 Å². The second kappa shape index (κ2) is 11.0. The molecule has 0 radical (unpaired) electrons. The Kier molecular flexibility index (Phi) is 7.17. The van der Waals surface area contributed by atoms with Crippen LogP contribution in [0.4, 0.5) is 0 Å². The van der Waals surface area contributed by atoms with Crippen LogP contribution in [-0.4, -0.2) is 33.3 Å². The number of rotatable bonds is 8. The number of aliphatic hydroxyl groups is 1. The van der Waals surface area contributed by atoms with Crippen LogP contribution in [0, 0.1) is 0 Å². The normalized spacial score (nSPS) is 16.4. The number of ether oxygens (including phenoxy) is 2. The molecule has 1 aliphatic heterocycles. The molecule has 1 aliphatic rings. The Morgan fingerprint density at radius 1 is 0.895 bits per heavy atom. The van der Waals surface area contributed by atoms with E-state index < -0.39 is 17.7 Å². The van der Waals surface area contributed by atoms with Gasteiger partial charge in [0, 0.05) is 24.5 Å². The summed E-state index contributed by atoms with van der Waals surface area (Å²) in [6.45, 7) is 2.53. The van der Waals surface area contributed by atoms with Gasteiger partial charge >= 0.3 is 0 Å². The Morgan fingerprint density at radius 3 is 2.37 bits per heavy atom. The highest BCUT2D eigenvalue weighted by atomic mass is 16.5. The minimum Gasteiger partial charge on any atom is -0.507 e. The number of aliphatic hydroxyl groups excluding tert-OH is 1. The lowest BCUT2D eigenvalue weighted by molar-refractivity contribution is -0.140. The van der Waals surface area contributed by atoms with Gasteiger partial charge in [-0.2, -0.15) is 0 Å². The molecule has 4 aromatic rings. The van der Waals surface area contributed by atoms with Crippen molar-refractivity contribution in [3.05, 3.63) is 126 Å². The lowest BCUT2D eigenvalue weighted by Gasteiger charge is -2.25. The minimum atomic E-state index is -0.832. The minimum absolute atomic E-state index is 0.0138. The molecular weight excluding hydrogens is 480 g/mol. The number of Topliss-reactive ketones (excluding diaryl/α,β-unsaturated/α-hetero) is 1. The molecule has 1 aromatic heterocycles. The molecular formula is C31H26N2O5. The van der Waals surface area contributed by atoms with Gasteiger partial charge in [-0.25, -0.2) is 0 Å². The fraction of sp³-hybridized carbons (Fsp3) is 0.129. The molecule has 7 nitrogen and oxygen atoms in total. The Labute approximate surface area is 220 Å². The van der Waals surface area contributed by atoms with Crippen LogP contribution < -0.4 is 9.47 Å². The lowest BCUT2D eigenvalue weighted by Crippen LogP contribution is -2.29. The summed E-state index contributed by atoms with van der Waals surface area (Å²) in [7, 11) is 0. The molecule has 38 heavy (non-hydrogen) atoms. The highest BCUT2D eigenvalue weighted by molar-refractivity contribution is 6.46. The smallest absolute Gasteiger partial charge is 0.295 e. The Morgan fingerprint density at radius 2 is 1.66 bits per heavy atom. The zero-order valence-electron chi connectivity index (χ0n) is 20.8. The Balaban J connectivity index is 1.59. The summed E-state index contributed by atoms with van der Waals surface area (Å²) >= 11 is 0. The van der Waals surface area contributed by atoms with Gasteiger partial charge in [0.2, 0.25) is 0 Å². The van der Waals surface area contributed by atoms with Crippen molar-refractivity contribution in [1.82, 2.24) is 9.88 Å². The van der Waals surface area contributed by atoms with Crippen LogP contribution in [0.5, 0.6) is 17.2 Å². The topological polar surface area (TPSA) is 89.0 Å². The number of likely N-dealkylation sites (tertiary alicyclic amines) is 1. The summed E-state index contributed by atoms with van der Waals surface area (Å²) in [5.74, 6) is 0.147. The summed E-state index contributed by atoms with van der Waals surface area (Å²) in [6, 6.07) is 26.1. The number of carbonyl (C=O) groups excluding carboxylic acids is 2. The third-order valence-electron chi connectivity index (χ3n) is 6.21. The van der Waals surface area contributed by atoms with Crippen molar-refractivity contribution in [2.75, 3.05) is 6.61 Å². The largest absolute Gasteiger partial charge is 0.507 e. The van der Waals surface area contributed by atoms with Crippen LogP contribution >= 0.6 is 0 Å². The molecule has 0 aliphatic carbocycles. The van der Waals surface area contributed by atoms with Crippen molar-refractivity contribution in [2.45, 2.75) is 19.5 Å². The summed E-state index contributed by atoms with van der Waals surface area (Å²) in [5.41, 5.74) is 1.82. The number of carbonyl (C=O) groups is 2. The molecule has 1 fully saturated rings. The van der Waals surface area contributed by atoms with Gasteiger partial charge in [-0.1, -0.05) is 36.4 Å². The van der Waals surface area contributed by atoms with Crippen molar-refractivity contribution < 1.29 is 24.2 Å². The van der Waals surface area contributed by atoms with E-state index in [1.165, 1.54) is 4.90 Å². The standard InChI is InChI=1S/C31H26N2O5/c1-2-37-24-15-13-22(14-16-24)29(34)27-28(33(31(36)30(27)35)20-21-8-7-17-32-19-21)23-9-6-12-26(18-23)38-25-10-4-3-5-11-25/h3-19,28,34H,2,20H2,1H3/b29-27+. The van der Waals surface area contributed by atoms with E-state index in [2.05, 4.69) is 4.98 Å². The van der Waals surface area contributed by atoms with Gasteiger partial charge in [-0.3, -0.25) is 14.6 Å². The molecule has 0 bridgehead atoms. The highest BCUT2D eigenvalue weighted by Gasteiger charge is 2.46. The average Bonchev–Trinajstić information content (AvgIpc) is 3.19. The Bertz CT molecular complexity index is 1470. The second-order valence-corrected chi connectivity index (χ2v) is 8.73. The zero-order chi connectivity index (χ0) is 26.5. The van der Waals surface area contributed by atoms with Gasteiger partial charge in [0.25, 0.3) is 11.7 Å². The third-order valence-corrected chi connectivity index (χ3v) is 6.21. The number of benzene rings is 3. The molecule has 2 heterocycles. The van der Waals surface area contributed by atoms with Gasteiger partial charge in [0.1, 0.15) is 23.0 Å². The molecule has 3 aromatic carbocycles. The Hall–Kier alpha value is -4.91. The van der Waals surface area contributed by atoms with Crippen LogP contribution in [0.15, 0.2) is 109 Å². The van der Waals surface area contributed by atoms with E-state index in [9.17, 15) is 14.7 Å². The molecule has 0 spiro atoms. The quantitative estimate of drug-likeness (QED) is 0.182. The molecule has 1 amide bonds. The van der Waals surface area contributed by atoms with Crippen LogP contribution in [0.3, 0.4) is 0 Å². The molecule has 1 N–H and O–H groups in total. The first-order chi connectivity index (χ1) is 18.5. The van der Waals surface area contributed by atoms with Crippen molar-refractivity contribution in [3.63, 3.8) is 0 Å². The predicted octanol–water partition coefficient (Wildman–Crippen LogP) is 5.89. The number of ketones is 1. The van der Waals surface area contributed by atoms with E-state index in [-0.39, 0.29) is 17.9 Å². The van der Waals surface area contributed by atoms with E-state index >= 15 is 0 Å². The zero-order valence-corrected chi connectivity index (χ0v) is 20.8. The van der Waals surface area contributed by atoms with Crippen LogP contribution in [0.25, 0.3) is 5.76 Å². The number of hydrogen-bond acceptors (Lipinski definition) is 6. The maximum atomic E-state index is 13.4. The van der Waals surface area contributed by atoms with Gasteiger partial charge < -0.3 is 19.5 Å². The van der Waals surface area contributed by atoms with Gasteiger partial charge in [0.05, 0.1) is 18.2 Å². The maximum Gasteiger partial charge on any atom is 0.295 e. The van der Waals surface area contributed by atoms with Crippen molar-refractivity contribution in [1.29, 1.82) is 0 Å². The fourth-order valence-electron chi connectivity index (χ4n) is 4.48. The monoisotopic (exact) mass is 506 g/mol. The number of hydrogen-bond donors (Lipinski definition) is 1. The first kappa shape index (κ1) is 24.8. The molecule has 1 saturated heterocycles. The average molecular weight is 507 g/mol. The van der Waals surface area contributed by atoms with E-state index in [0.717, 1.165) is 5.56 Å². The molecule has 190 valence electrons. The van der Waals surface area contributed by atoms with E-state index in [0.29, 0.717) is 35.0 Å². The maximum absolute atomic E-state index is 13.4. The van der Waals surface area contributed by atoms with Crippen LogP contribution in [0.1, 0.15) is 29.7 Å². The lowest BCUT2D eigenvalue weighted by atomic mass is 9.95. The number of pyridine rings is 1. The fourth-order valence-corrected chi connectivity index (χ4v) is 4.48. The number of amides is 1. The molecule has 5 rings (SSSR count). The van der Waals surface area contributed by atoms with Crippen molar-refractivity contribution >= 4 is 17.4 Å². The summed E-state index contributed by atoms with van der Waals surface area (Å²) in [4.78, 5) is 32.3. The summed E-state index contributed by atoms with van der Waals surface area (Å²) in [6.07, 6.45) is 3.29. The van der Waals surface area contributed by atoms with Crippen LogP contribution in [-0.2, 0) is 16.1 Å². The predicted molar refractivity (Wildman–Crippen MR) is 143 cm³/mol. The first-order valence-corrected chi connectivity index (χ1v) is 12.3. The SMILES string of the molecule is CCOc1ccc(/C(O)=C2\C(=O)C(=O)N(Cc3cccnc3)C2c2cccc(Oc3ccccc3)c2)cc1. The van der Waals surface area contributed by atoms with Crippen molar-refractivity contribution in [3.8, 4) is 17.2 Å². The van der Waals surface area contributed by atoms with E-state index in [1.807, 2.05) is 49.4 Å². The van der Waals surface area contributed by atoms with E-state index in [1.54, 1.807) is 60.9 Å². The third kappa shape index (κ3) is 5.13. The molecule has 1 atom stereocenters. The molecule has 0 saturated carbocycles. The van der Waals surface area contributed by atoms with E-state index in [4.69, 9.17) is 9.47 Å². The molecule has 7 heteroatoms. The van der Waals surface area contributed by atoms with Gasteiger partial charge in [0.15, 0.2) is 0 Å². The molecule has 1 unspecified atom stereocenters. The van der Waals surface area contributed by atoms with Gasteiger partial charge in [-0.05, 0) is 72.6 Å².